The molecule has 0 radical (unpaired) electrons. The van der Waals surface area contributed by atoms with Crippen LogP contribution in [0.3, 0.4) is 0 Å². The van der Waals surface area contributed by atoms with Crippen LogP contribution < -0.4 is 0 Å². The summed E-state index contributed by atoms with van der Waals surface area (Å²) in [5.41, 5.74) is 16.9. The Bertz CT molecular complexity index is 2150. The summed E-state index contributed by atoms with van der Waals surface area (Å²) in [7, 11) is 0. The summed E-state index contributed by atoms with van der Waals surface area (Å²) in [6, 6.07) is 31.3. The van der Waals surface area contributed by atoms with Gasteiger partial charge in [-0.15, -0.1) is 0 Å². The van der Waals surface area contributed by atoms with Crippen LogP contribution in [-0.4, -0.2) is 0 Å². The summed E-state index contributed by atoms with van der Waals surface area (Å²) >= 11 is 0. The van der Waals surface area contributed by atoms with Crippen LogP contribution in [0.25, 0.3) is 54.6 Å². The smallest absolute Gasteiger partial charge is 0.0256 e. The predicted molar refractivity (Wildman–Crippen MR) is 164 cm³/mol. The molecule has 39 heavy (non-hydrogen) atoms. The first-order valence-corrected chi connectivity index (χ1v) is 14.8. The Kier molecular flexibility index (Phi) is 3.47. The van der Waals surface area contributed by atoms with E-state index in [9.17, 15) is 0 Å². The summed E-state index contributed by atoms with van der Waals surface area (Å²) in [4.78, 5) is 0. The third-order valence-corrected chi connectivity index (χ3v) is 11.5. The molecule has 0 aliphatic heterocycles. The van der Waals surface area contributed by atoms with Crippen LogP contribution in [0.1, 0.15) is 65.6 Å². The Morgan fingerprint density at radius 1 is 0.590 bits per heavy atom. The van der Waals surface area contributed by atoms with Gasteiger partial charge in [0.05, 0.1) is 0 Å². The van der Waals surface area contributed by atoms with Crippen molar-refractivity contribution in [2.75, 3.05) is 0 Å². The monoisotopic (exact) mass is 498 g/mol. The zero-order chi connectivity index (χ0) is 25.8. The van der Waals surface area contributed by atoms with Gasteiger partial charge in [-0.05, 0) is 132 Å². The van der Waals surface area contributed by atoms with Gasteiger partial charge in [0.15, 0.2) is 0 Å². The molecule has 0 N–H and O–H groups in total. The van der Waals surface area contributed by atoms with E-state index >= 15 is 0 Å². The third-order valence-electron chi connectivity index (χ3n) is 11.5. The van der Waals surface area contributed by atoms with E-state index in [-0.39, 0.29) is 10.8 Å². The van der Waals surface area contributed by atoms with Crippen molar-refractivity contribution in [3.05, 3.63) is 118 Å². The number of hydrogen-bond acceptors (Lipinski definition) is 0. The van der Waals surface area contributed by atoms with Gasteiger partial charge in [0.25, 0.3) is 0 Å². The van der Waals surface area contributed by atoms with Gasteiger partial charge in [-0.25, -0.2) is 0 Å². The number of rotatable bonds is 2. The fourth-order valence-electron chi connectivity index (χ4n) is 9.79. The molecular weight excluding hydrogens is 468 g/mol. The van der Waals surface area contributed by atoms with E-state index in [1.54, 1.807) is 44.2 Å². The highest BCUT2D eigenvalue weighted by atomic mass is 14.5. The molecule has 4 aliphatic rings. The van der Waals surface area contributed by atoms with Crippen molar-refractivity contribution in [1.82, 2.24) is 0 Å². The first-order chi connectivity index (χ1) is 19.1. The number of hydrogen-bond donors (Lipinski definition) is 0. The summed E-state index contributed by atoms with van der Waals surface area (Å²) in [6.07, 6.45) is 4.52. The summed E-state index contributed by atoms with van der Waals surface area (Å²) in [5, 5.41) is 8.95. The van der Waals surface area contributed by atoms with Crippen molar-refractivity contribution >= 4 is 32.3 Å². The fourth-order valence-corrected chi connectivity index (χ4v) is 9.79. The summed E-state index contributed by atoms with van der Waals surface area (Å²) < 4.78 is 0. The van der Waals surface area contributed by atoms with Crippen molar-refractivity contribution in [3.63, 3.8) is 0 Å². The van der Waals surface area contributed by atoms with Crippen LogP contribution in [0.15, 0.2) is 78.9 Å². The van der Waals surface area contributed by atoms with E-state index in [2.05, 4.69) is 99.6 Å². The minimum absolute atomic E-state index is 0.0237. The van der Waals surface area contributed by atoms with Crippen LogP contribution >= 0.6 is 0 Å². The van der Waals surface area contributed by atoms with Crippen LogP contribution in [0.4, 0.5) is 0 Å². The second-order valence-electron chi connectivity index (χ2n) is 12.8. The SMILES string of the molecule is CCC12Cc3cc4c5c6c(cc1c5c3-c1ccc(C)c3cccc2c13)CC6(CC)c1cccc2cccc-4c12. The standard InChI is InChI=1S/C39H30/c1-4-38-19-23-17-28-26-12-6-9-22-10-7-13-29(32(22)26)39(5-2)20-24-18-31(38)36(35(28)37(24)39)33(23)27-16-15-21(3)25-11-8-14-30(38)34(25)27/h6-18H,4-5,19-20H2,1-3H3. The number of benzene rings is 6. The Labute approximate surface area is 229 Å². The van der Waals surface area contributed by atoms with E-state index in [4.69, 9.17) is 0 Å². The minimum atomic E-state index is 0.0237. The quantitative estimate of drug-likeness (QED) is 0.223. The van der Waals surface area contributed by atoms with Gasteiger partial charge < -0.3 is 0 Å². The largest absolute Gasteiger partial charge is 0.0642 e. The van der Waals surface area contributed by atoms with E-state index in [0.29, 0.717) is 0 Å². The van der Waals surface area contributed by atoms with Crippen molar-refractivity contribution in [3.8, 4) is 22.3 Å². The molecule has 0 saturated heterocycles. The molecule has 186 valence electrons. The van der Waals surface area contributed by atoms with Crippen LogP contribution in [0.5, 0.6) is 0 Å². The lowest BCUT2D eigenvalue weighted by atomic mass is 9.54. The lowest BCUT2D eigenvalue weighted by molar-refractivity contribution is 0.437. The van der Waals surface area contributed by atoms with Crippen LogP contribution in [0, 0.1) is 6.92 Å². The maximum Gasteiger partial charge on any atom is 0.0256 e. The molecule has 2 unspecified atom stereocenters. The van der Waals surface area contributed by atoms with Gasteiger partial charge >= 0.3 is 0 Å². The first-order valence-electron chi connectivity index (χ1n) is 14.8. The van der Waals surface area contributed by atoms with Gasteiger partial charge in [-0.2, -0.15) is 0 Å². The minimum Gasteiger partial charge on any atom is -0.0642 e. The lowest BCUT2D eigenvalue weighted by Crippen LogP contribution is -2.41. The zero-order valence-corrected chi connectivity index (χ0v) is 22.8. The Balaban J connectivity index is 1.50. The normalized spacial score (nSPS) is 22.4. The summed E-state index contributed by atoms with van der Waals surface area (Å²) in [6.45, 7) is 7.14. The highest BCUT2D eigenvalue weighted by Crippen LogP contribution is 2.65. The molecule has 0 nitrogen and oxygen atoms in total. The van der Waals surface area contributed by atoms with E-state index in [1.807, 2.05) is 0 Å². The number of aryl methyl sites for hydroxylation is 1. The molecule has 2 atom stereocenters. The highest BCUT2D eigenvalue weighted by molar-refractivity contribution is 6.21. The maximum atomic E-state index is 2.68. The fraction of sp³-hybridized carbons (Fsp3) is 0.231. The molecule has 0 amide bonds. The molecule has 0 heterocycles. The zero-order valence-electron chi connectivity index (χ0n) is 22.8. The molecule has 4 bridgehead atoms. The van der Waals surface area contributed by atoms with E-state index in [1.165, 1.54) is 49.4 Å². The molecule has 6 aromatic rings. The Morgan fingerprint density at radius 2 is 1.33 bits per heavy atom. The summed E-state index contributed by atoms with van der Waals surface area (Å²) in [5.74, 6) is 0. The predicted octanol–water partition coefficient (Wildman–Crippen LogP) is 9.92. The van der Waals surface area contributed by atoms with Crippen molar-refractivity contribution in [1.29, 1.82) is 0 Å². The van der Waals surface area contributed by atoms with Gasteiger partial charge in [-0.3, -0.25) is 0 Å². The van der Waals surface area contributed by atoms with E-state index < -0.39 is 0 Å². The molecule has 10 rings (SSSR count). The Hall–Kier alpha value is -3.90. The van der Waals surface area contributed by atoms with Crippen molar-refractivity contribution in [2.24, 2.45) is 0 Å². The number of fused-ring (bicyclic) bond motifs is 3. The molecule has 0 heteroatoms. The molecule has 0 aromatic heterocycles. The topological polar surface area (TPSA) is 0 Å². The molecule has 6 aromatic carbocycles. The molecule has 0 saturated carbocycles. The maximum absolute atomic E-state index is 2.68. The van der Waals surface area contributed by atoms with Gasteiger partial charge in [0, 0.05) is 10.8 Å². The van der Waals surface area contributed by atoms with Crippen molar-refractivity contribution < 1.29 is 0 Å². The van der Waals surface area contributed by atoms with Crippen molar-refractivity contribution in [2.45, 2.75) is 57.3 Å². The van der Waals surface area contributed by atoms with Gasteiger partial charge in [0.1, 0.15) is 0 Å². The highest BCUT2D eigenvalue weighted by Gasteiger charge is 2.51. The van der Waals surface area contributed by atoms with Gasteiger partial charge in [0.2, 0.25) is 0 Å². The molecule has 0 fully saturated rings. The second-order valence-corrected chi connectivity index (χ2v) is 12.8. The Morgan fingerprint density at radius 3 is 2.15 bits per heavy atom. The average molecular weight is 499 g/mol. The lowest BCUT2D eigenvalue weighted by Gasteiger charge is -2.48. The third kappa shape index (κ3) is 2.04. The molecular formula is C39H30. The molecule has 4 aliphatic carbocycles. The second kappa shape index (κ2) is 6.45. The van der Waals surface area contributed by atoms with Gasteiger partial charge in [-0.1, -0.05) is 86.6 Å². The van der Waals surface area contributed by atoms with E-state index in [0.717, 1.165) is 25.7 Å². The van der Waals surface area contributed by atoms with Crippen LogP contribution in [-0.2, 0) is 23.7 Å². The molecule has 0 spiro atoms. The average Bonchev–Trinajstić information content (AvgIpc) is 3.18. The van der Waals surface area contributed by atoms with Crippen LogP contribution in [0.2, 0.25) is 0 Å². The first kappa shape index (κ1) is 21.0.